The van der Waals surface area contributed by atoms with Gasteiger partial charge in [0.05, 0.1) is 5.69 Å². The molecule has 0 saturated carbocycles. The third-order valence-electron chi connectivity index (χ3n) is 17.1. The summed E-state index contributed by atoms with van der Waals surface area (Å²) in [6.07, 6.45) is 2.28. The Labute approximate surface area is 435 Å². The minimum absolute atomic E-state index is 0.000163. The molecule has 3 aliphatic rings. The fourth-order valence-electron chi connectivity index (χ4n) is 12.6. The standard InChI is InChI=1S/C69H71BN2O/c1-42-35-45(65(2,3)4)28-31-55(42)71-57-30-27-44(48-24-20-26-62-63(48)49-23-18-19-25-61(49)73-62)36-53(57)70-54-40-51-52(69(13,14)34-33-68(51,11)12)41-58(54)72(60-39-47(67(8,9)10)38-59(71)64(60)70)56-32-29-46(66(5,6)7)37-50(56)43-21-16-15-17-22-43/h15-32,35-41H,33-34H2,1-14H3. The Morgan fingerprint density at radius 2 is 1.00 bits per heavy atom. The van der Waals surface area contributed by atoms with Crippen molar-refractivity contribution in [3.8, 4) is 22.3 Å². The first-order valence-corrected chi connectivity index (χ1v) is 26.8. The summed E-state index contributed by atoms with van der Waals surface area (Å²) in [5.41, 5.74) is 26.1. The molecule has 0 atom stereocenters. The molecule has 1 aromatic heterocycles. The second-order valence-corrected chi connectivity index (χ2v) is 26.2. The van der Waals surface area contributed by atoms with Gasteiger partial charge in [0.2, 0.25) is 0 Å². The van der Waals surface area contributed by atoms with Crippen molar-refractivity contribution < 1.29 is 4.42 Å². The zero-order valence-electron chi connectivity index (χ0n) is 45.7. The summed E-state index contributed by atoms with van der Waals surface area (Å²) >= 11 is 0. The van der Waals surface area contributed by atoms with Crippen LogP contribution in [-0.2, 0) is 27.1 Å². The lowest BCUT2D eigenvalue weighted by Crippen LogP contribution is -2.62. The summed E-state index contributed by atoms with van der Waals surface area (Å²) in [6, 6.07) is 58.5. The zero-order valence-corrected chi connectivity index (χ0v) is 45.7. The van der Waals surface area contributed by atoms with Crippen LogP contribution in [0.2, 0.25) is 0 Å². The Morgan fingerprint density at radius 3 is 1.66 bits per heavy atom. The smallest absolute Gasteiger partial charge is 0.252 e. The second-order valence-electron chi connectivity index (χ2n) is 26.2. The molecule has 0 amide bonds. The Kier molecular flexibility index (Phi) is 10.4. The van der Waals surface area contributed by atoms with E-state index in [0.29, 0.717) is 0 Å². The van der Waals surface area contributed by atoms with Gasteiger partial charge < -0.3 is 14.2 Å². The van der Waals surface area contributed by atoms with Crippen molar-refractivity contribution in [2.75, 3.05) is 9.80 Å². The molecule has 2 aliphatic heterocycles. The second kappa shape index (κ2) is 16.1. The van der Waals surface area contributed by atoms with Crippen molar-refractivity contribution in [2.24, 2.45) is 0 Å². The maximum Gasteiger partial charge on any atom is 0.252 e. The molecule has 9 aromatic rings. The van der Waals surface area contributed by atoms with Crippen LogP contribution in [0.4, 0.5) is 34.1 Å². The molecule has 366 valence electrons. The SMILES string of the molecule is Cc1cc(C(C)(C)C)ccc1N1c2ccc(-c3cccc4oc5ccccc5c34)cc2B2c3cc4c(cc3N(c3ccc(C(C)(C)C)cc3-c3ccccc3)c3cc(C(C)(C)C)cc1c32)C(C)(C)CCC4(C)C. The molecule has 73 heavy (non-hydrogen) atoms. The maximum absolute atomic E-state index is 6.54. The van der Waals surface area contributed by atoms with Crippen LogP contribution in [0, 0.1) is 6.92 Å². The average molecular weight is 955 g/mol. The molecular formula is C69H71BN2O. The number of rotatable bonds is 4. The number of anilines is 6. The largest absolute Gasteiger partial charge is 0.456 e. The molecule has 3 heterocycles. The Balaban J connectivity index is 1.24. The number of nitrogens with zero attached hydrogens (tertiary/aromatic N) is 2. The lowest BCUT2D eigenvalue weighted by Gasteiger charge is -2.48. The van der Waals surface area contributed by atoms with Crippen LogP contribution < -0.4 is 26.2 Å². The van der Waals surface area contributed by atoms with Crippen LogP contribution in [-0.4, -0.2) is 6.71 Å². The molecule has 3 nitrogen and oxygen atoms in total. The summed E-state index contributed by atoms with van der Waals surface area (Å²) in [7, 11) is 0. The van der Waals surface area contributed by atoms with Crippen LogP contribution in [0.5, 0.6) is 0 Å². The molecule has 0 bridgehead atoms. The first kappa shape index (κ1) is 47.2. The fraction of sp³-hybridized carbons (Fsp3) is 0.304. The minimum Gasteiger partial charge on any atom is -0.456 e. The third kappa shape index (κ3) is 7.52. The summed E-state index contributed by atoms with van der Waals surface area (Å²) in [5, 5.41) is 2.31. The predicted octanol–water partition coefficient (Wildman–Crippen LogP) is 17.6. The number of para-hydroxylation sites is 1. The highest BCUT2D eigenvalue weighted by Crippen LogP contribution is 2.53. The van der Waals surface area contributed by atoms with Crippen LogP contribution in [0.3, 0.4) is 0 Å². The van der Waals surface area contributed by atoms with Gasteiger partial charge in [-0.25, -0.2) is 0 Å². The van der Waals surface area contributed by atoms with E-state index in [9.17, 15) is 0 Å². The van der Waals surface area contributed by atoms with Gasteiger partial charge in [0.1, 0.15) is 11.2 Å². The number of hydrogen-bond acceptors (Lipinski definition) is 3. The summed E-state index contributed by atoms with van der Waals surface area (Å²) in [4.78, 5) is 5.34. The topological polar surface area (TPSA) is 19.6 Å². The Bertz CT molecular complexity index is 3720. The molecule has 0 spiro atoms. The van der Waals surface area contributed by atoms with Gasteiger partial charge in [0, 0.05) is 44.8 Å². The Hall–Kier alpha value is -6.78. The molecule has 0 unspecified atom stereocenters. The van der Waals surface area contributed by atoms with Crippen molar-refractivity contribution in [1.82, 2.24) is 0 Å². The number of hydrogen-bond donors (Lipinski definition) is 0. The van der Waals surface area contributed by atoms with Gasteiger partial charge in [-0.2, -0.15) is 0 Å². The van der Waals surface area contributed by atoms with Crippen LogP contribution in [0.25, 0.3) is 44.2 Å². The van der Waals surface area contributed by atoms with E-state index in [4.69, 9.17) is 4.42 Å². The normalized spacial score (nSPS) is 15.8. The van der Waals surface area contributed by atoms with E-state index in [1.807, 2.05) is 0 Å². The van der Waals surface area contributed by atoms with Crippen molar-refractivity contribution in [1.29, 1.82) is 0 Å². The molecule has 1 aliphatic carbocycles. The van der Waals surface area contributed by atoms with E-state index in [1.165, 1.54) is 106 Å². The monoisotopic (exact) mass is 955 g/mol. The van der Waals surface area contributed by atoms with Crippen LogP contribution in [0.15, 0.2) is 156 Å². The van der Waals surface area contributed by atoms with E-state index in [0.717, 1.165) is 34.8 Å². The molecule has 8 aromatic carbocycles. The fourth-order valence-corrected chi connectivity index (χ4v) is 12.6. The van der Waals surface area contributed by atoms with Gasteiger partial charge in [-0.1, -0.05) is 187 Å². The van der Waals surface area contributed by atoms with Crippen molar-refractivity contribution in [3.63, 3.8) is 0 Å². The highest BCUT2D eigenvalue weighted by Gasteiger charge is 2.47. The summed E-state index contributed by atoms with van der Waals surface area (Å²) < 4.78 is 6.54. The number of aryl methyl sites for hydroxylation is 1. The highest BCUT2D eigenvalue weighted by molar-refractivity contribution is 7.00. The van der Waals surface area contributed by atoms with Crippen molar-refractivity contribution in [2.45, 2.75) is 137 Å². The molecule has 0 radical (unpaired) electrons. The molecule has 4 heteroatoms. The summed E-state index contributed by atoms with van der Waals surface area (Å²) in [5.74, 6) is 0. The molecular weight excluding hydrogens is 884 g/mol. The molecule has 0 fully saturated rings. The third-order valence-corrected chi connectivity index (χ3v) is 17.1. The van der Waals surface area contributed by atoms with Gasteiger partial charge in [-0.15, -0.1) is 0 Å². The van der Waals surface area contributed by atoms with Crippen LogP contribution in [0.1, 0.15) is 136 Å². The molecule has 0 saturated heterocycles. The van der Waals surface area contributed by atoms with E-state index >= 15 is 0 Å². The van der Waals surface area contributed by atoms with Crippen molar-refractivity contribution >= 4 is 79.2 Å². The van der Waals surface area contributed by atoms with Gasteiger partial charge in [-0.05, 0) is 168 Å². The van der Waals surface area contributed by atoms with Gasteiger partial charge in [0.15, 0.2) is 0 Å². The summed E-state index contributed by atoms with van der Waals surface area (Å²) in [6.45, 7) is 33.3. The lowest BCUT2D eigenvalue weighted by molar-refractivity contribution is 0.332. The lowest BCUT2D eigenvalue weighted by atomic mass is 9.33. The van der Waals surface area contributed by atoms with E-state index in [2.05, 4.69) is 258 Å². The van der Waals surface area contributed by atoms with Crippen molar-refractivity contribution in [3.05, 3.63) is 185 Å². The first-order valence-electron chi connectivity index (χ1n) is 26.8. The molecule has 0 N–H and O–H groups in total. The van der Waals surface area contributed by atoms with Gasteiger partial charge in [0.25, 0.3) is 6.71 Å². The van der Waals surface area contributed by atoms with E-state index in [1.54, 1.807) is 0 Å². The quantitative estimate of drug-likeness (QED) is 0.164. The minimum atomic E-state index is -0.153. The molecule has 12 rings (SSSR count). The van der Waals surface area contributed by atoms with Crippen LogP contribution >= 0.6 is 0 Å². The Morgan fingerprint density at radius 1 is 0.438 bits per heavy atom. The first-order chi connectivity index (χ1) is 34.5. The number of benzene rings is 8. The maximum atomic E-state index is 6.54. The van der Waals surface area contributed by atoms with E-state index in [-0.39, 0.29) is 33.8 Å². The number of furan rings is 1. The van der Waals surface area contributed by atoms with Gasteiger partial charge >= 0.3 is 0 Å². The average Bonchev–Trinajstić information content (AvgIpc) is 3.73. The van der Waals surface area contributed by atoms with Gasteiger partial charge in [-0.3, -0.25) is 0 Å². The predicted molar refractivity (Wildman–Crippen MR) is 315 cm³/mol. The zero-order chi connectivity index (χ0) is 51.3. The van der Waals surface area contributed by atoms with E-state index < -0.39 is 0 Å². The number of fused-ring (bicyclic) bond motifs is 8. The highest BCUT2D eigenvalue weighted by atomic mass is 16.3.